The van der Waals surface area contributed by atoms with Crippen LogP contribution in [0.15, 0.2) is 16.7 Å². The van der Waals surface area contributed by atoms with Gasteiger partial charge >= 0.3 is 5.97 Å². The lowest BCUT2D eigenvalue weighted by molar-refractivity contribution is -0.147. The Morgan fingerprint density at radius 3 is 2.33 bits per heavy atom. The quantitative estimate of drug-likeness (QED) is 0.486. The Labute approximate surface area is 130 Å². The molecule has 1 aromatic heterocycles. The number of carbonyl (C=O) groups excluding carboxylic acids is 1. The van der Waals surface area contributed by atoms with E-state index in [0.717, 1.165) is 24.8 Å². The Morgan fingerprint density at radius 2 is 1.86 bits per heavy atom. The molecule has 0 aliphatic rings. The first-order valence-electron chi connectivity index (χ1n) is 8.29. The lowest BCUT2D eigenvalue weighted by atomic mass is 10.1. The van der Waals surface area contributed by atoms with E-state index in [1.807, 2.05) is 0 Å². The van der Waals surface area contributed by atoms with Crippen molar-refractivity contribution in [3.8, 4) is 0 Å². The van der Waals surface area contributed by atoms with E-state index in [1.165, 1.54) is 30.4 Å². The van der Waals surface area contributed by atoms with Crippen molar-refractivity contribution in [3.05, 3.63) is 17.9 Å². The molecule has 120 valence electrons. The maximum atomic E-state index is 11.3. The molecule has 0 N–H and O–H groups in total. The Kier molecular flexibility index (Phi) is 7.22. The second-order valence-electron chi connectivity index (χ2n) is 5.83. The molecule has 0 aromatic carbocycles. The van der Waals surface area contributed by atoms with Crippen molar-refractivity contribution in [2.45, 2.75) is 78.1 Å². The van der Waals surface area contributed by atoms with Gasteiger partial charge in [-0.3, -0.25) is 4.79 Å². The van der Waals surface area contributed by atoms with E-state index < -0.39 is 8.07 Å². The van der Waals surface area contributed by atoms with Crippen LogP contribution in [0, 0.1) is 0 Å². The number of hydrogen-bond donors (Lipinski definition) is 0. The van der Waals surface area contributed by atoms with E-state index in [4.69, 9.17) is 9.15 Å². The summed E-state index contributed by atoms with van der Waals surface area (Å²) in [5.74, 6) is -0.219. The van der Waals surface area contributed by atoms with Crippen molar-refractivity contribution >= 4 is 19.4 Å². The highest BCUT2D eigenvalue weighted by atomic mass is 28.3. The molecule has 0 saturated carbocycles. The third kappa shape index (κ3) is 4.47. The summed E-state index contributed by atoms with van der Waals surface area (Å²) >= 11 is 0. The Bertz CT molecular complexity index is 427. The van der Waals surface area contributed by atoms with Gasteiger partial charge in [0.2, 0.25) is 0 Å². The number of ether oxygens (including phenoxy) is 1. The van der Waals surface area contributed by atoms with Crippen LogP contribution in [0.3, 0.4) is 0 Å². The Morgan fingerprint density at radius 1 is 1.24 bits per heavy atom. The minimum absolute atomic E-state index is 0.155. The monoisotopic (exact) mass is 310 g/mol. The van der Waals surface area contributed by atoms with Crippen LogP contribution in [0.5, 0.6) is 0 Å². The third-order valence-electron chi connectivity index (χ3n) is 4.67. The second kappa shape index (κ2) is 8.42. The second-order valence-corrected chi connectivity index (χ2v) is 11.0. The smallest absolute Gasteiger partial charge is 0.303 e. The molecule has 1 aromatic rings. The summed E-state index contributed by atoms with van der Waals surface area (Å²) in [5.41, 5.74) is 1.03. The van der Waals surface area contributed by atoms with Crippen LogP contribution in [0.25, 0.3) is 0 Å². The average Bonchev–Trinajstić information content (AvgIpc) is 2.96. The minimum atomic E-state index is -1.50. The first-order valence-corrected chi connectivity index (χ1v) is 10.9. The molecule has 0 spiro atoms. The number of unbranched alkanes of at least 4 members (excludes halogenated alkanes) is 1. The third-order valence-corrected chi connectivity index (χ3v) is 10.0. The van der Waals surface area contributed by atoms with Gasteiger partial charge in [-0.05, 0) is 18.9 Å². The van der Waals surface area contributed by atoms with Crippen molar-refractivity contribution < 1.29 is 13.9 Å². The molecule has 0 saturated heterocycles. The zero-order chi connectivity index (χ0) is 15.9. The summed E-state index contributed by atoms with van der Waals surface area (Å²) < 4.78 is 11.4. The SMILES string of the molecule is CCCCC(OC(C)=O)c1coc([Si](CC)(CC)CC)c1. The number of hydrogen-bond acceptors (Lipinski definition) is 3. The molecule has 3 nitrogen and oxygen atoms in total. The number of carbonyl (C=O) groups is 1. The molecular formula is C17H30O3Si. The lowest BCUT2D eigenvalue weighted by Crippen LogP contribution is -2.44. The first kappa shape index (κ1) is 18.0. The Hall–Kier alpha value is -1.03. The summed E-state index contributed by atoms with van der Waals surface area (Å²) in [5, 5.41) is 1.17. The summed E-state index contributed by atoms with van der Waals surface area (Å²) in [7, 11) is -1.50. The van der Waals surface area contributed by atoms with E-state index in [-0.39, 0.29) is 12.1 Å². The van der Waals surface area contributed by atoms with E-state index >= 15 is 0 Å². The van der Waals surface area contributed by atoms with Gasteiger partial charge in [0.1, 0.15) is 14.2 Å². The molecule has 0 radical (unpaired) electrons. The fraction of sp³-hybridized carbons (Fsp3) is 0.706. The molecule has 1 unspecified atom stereocenters. The summed E-state index contributed by atoms with van der Waals surface area (Å²) in [6.45, 7) is 10.4. The first-order chi connectivity index (χ1) is 10.0. The highest BCUT2D eigenvalue weighted by Crippen LogP contribution is 2.27. The van der Waals surface area contributed by atoms with E-state index in [1.54, 1.807) is 6.26 Å². The molecule has 21 heavy (non-hydrogen) atoms. The lowest BCUT2D eigenvalue weighted by Gasteiger charge is -2.24. The van der Waals surface area contributed by atoms with Crippen LogP contribution in [0.1, 0.15) is 65.5 Å². The fourth-order valence-corrected chi connectivity index (χ4v) is 6.28. The van der Waals surface area contributed by atoms with Gasteiger partial charge in [0.15, 0.2) is 0 Å². The standard InChI is InChI=1S/C17H30O3Si/c1-6-10-11-16(20-14(5)18)15-12-17(19-13-15)21(7-2,8-3)9-4/h12-13,16H,6-11H2,1-5H3. The predicted octanol–water partition coefficient (Wildman–Crippen LogP) is 4.79. The zero-order valence-corrected chi connectivity index (χ0v) is 15.2. The Balaban J connectivity index is 2.99. The number of esters is 1. The summed E-state index contributed by atoms with van der Waals surface area (Å²) in [4.78, 5) is 11.3. The minimum Gasteiger partial charge on any atom is -0.474 e. The van der Waals surface area contributed by atoms with E-state index in [9.17, 15) is 4.79 Å². The number of rotatable bonds is 9. The van der Waals surface area contributed by atoms with Gasteiger partial charge < -0.3 is 9.15 Å². The average molecular weight is 311 g/mol. The number of furan rings is 1. The highest BCUT2D eigenvalue weighted by molar-refractivity contribution is 6.90. The van der Waals surface area contributed by atoms with Crippen LogP contribution in [0.2, 0.25) is 18.1 Å². The molecular weight excluding hydrogens is 280 g/mol. The maximum Gasteiger partial charge on any atom is 0.303 e. The van der Waals surface area contributed by atoms with Crippen LogP contribution in [-0.4, -0.2) is 14.0 Å². The summed E-state index contributed by atoms with van der Waals surface area (Å²) in [6, 6.07) is 5.74. The van der Waals surface area contributed by atoms with E-state index in [2.05, 4.69) is 33.8 Å². The van der Waals surface area contributed by atoms with Crippen molar-refractivity contribution in [2.24, 2.45) is 0 Å². The molecule has 0 amide bonds. The predicted molar refractivity (Wildman–Crippen MR) is 89.6 cm³/mol. The van der Waals surface area contributed by atoms with Gasteiger partial charge in [-0.25, -0.2) is 0 Å². The van der Waals surface area contributed by atoms with Gasteiger partial charge in [-0.1, -0.05) is 52.2 Å². The largest absolute Gasteiger partial charge is 0.474 e. The normalized spacial score (nSPS) is 13.2. The molecule has 0 fully saturated rings. The van der Waals surface area contributed by atoms with Gasteiger partial charge in [-0.2, -0.15) is 0 Å². The van der Waals surface area contributed by atoms with Crippen molar-refractivity contribution in [1.29, 1.82) is 0 Å². The van der Waals surface area contributed by atoms with Gasteiger partial charge in [0, 0.05) is 12.5 Å². The van der Waals surface area contributed by atoms with Crippen LogP contribution in [-0.2, 0) is 9.53 Å². The molecule has 4 heteroatoms. The molecule has 0 aliphatic heterocycles. The zero-order valence-electron chi connectivity index (χ0n) is 14.2. The van der Waals surface area contributed by atoms with Crippen molar-refractivity contribution in [1.82, 2.24) is 0 Å². The summed E-state index contributed by atoms with van der Waals surface area (Å²) in [6.07, 6.45) is 4.67. The van der Waals surface area contributed by atoms with Crippen molar-refractivity contribution in [3.63, 3.8) is 0 Å². The molecule has 0 bridgehead atoms. The van der Waals surface area contributed by atoms with Crippen molar-refractivity contribution in [2.75, 3.05) is 0 Å². The molecule has 1 atom stereocenters. The fourth-order valence-electron chi connectivity index (χ4n) is 2.95. The van der Waals surface area contributed by atoms with E-state index in [0.29, 0.717) is 0 Å². The topological polar surface area (TPSA) is 39.4 Å². The van der Waals surface area contributed by atoms with Crippen LogP contribution >= 0.6 is 0 Å². The molecule has 1 heterocycles. The molecule has 0 aliphatic carbocycles. The maximum absolute atomic E-state index is 11.3. The van der Waals surface area contributed by atoms with Gasteiger partial charge in [0.25, 0.3) is 0 Å². The highest BCUT2D eigenvalue weighted by Gasteiger charge is 2.33. The van der Waals surface area contributed by atoms with Crippen LogP contribution in [0.4, 0.5) is 0 Å². The van der Waals surface area contributed by atoms with Gasteiger partial charge in [-0.15, -0.1) is 0 Å². The van der Waals surface area contributed by atoms with Gasteiger partial charge in [0.05, 0.1) is 11.6 Å². The molecule has 1 rings (SSSR count). The van der Waals surface area contributed by atoms with Crippen LogP contribution < -0.4 is 5.38 Å².